The third-order valence-electron chi connectivity index (χ3n) is 1.96. The molecule has 0 unspecified atom stereocenters. The standard InChI is InChI=1S/C8H12N2S2/c1-5-6(8(12)7(5)11)10(2)4-3-9/h3-4,9H2,1-2H3. The van der Waals surface area contributed by atoms with Gasteiger partial charge in [0.05, 0.1) is 14.7 Å². The van der Waals surface area contributed by atoms with Crippen LogP contribution in [0.3, 0.4) is 0 Å². The molecule has 4 heteroatoms. The van der Waals surface area contributed by atoms with Crippen molar-refractivity contribution in [3.63, 3.8) is 0 Å². The second-order valence-electron chi connectivity index (χ2n) is 2.84. The maximum absolute atomic E-state index is 5.43. The van der Waals surface area contributed by atoms with Gasteiger partial charge in [0.2, 0.25) is 0 Å². The van der Waals surface area contributed by atoms with Crippen LogP contribution >= 0.6 is 24.4 Å². The fourth-order valence-electron chi connectivity index (χ4n) is 1.26. The van der Waals surface area contributed by atoms with Crippen LogP contribution in [0.1, 0.15) is 5.56 Å². The van der Waals surface area contributed by atoms with Crippen molar-refractivity contribution < 1.29 is 0 Å². The molecule has 1 aromatic carbocycles. The molecule has 0 aliphatic carbocycles. The molecule has 2 nitrogen and oxygen atoms in total. The van der Waals surface area contributed by atoms with Crippen LogP contribution in [-0.4, -0.2) is 20.1 Å². The van der Waals surface area contributed by atoms with Crippen molar-refractivity contribution in [1.29, 1.82) is 0 Å². The van der Waals surface area contributed by atoms with E-state index in [1.54, 1.807) is 0 Å². The lowest BCUT2D eigenvalue weighted by Gasteiger charge is -2.23. The van der Waals surface area contributed by atoms with Crippen LogP contribution in [0.2, 0.25) is 0 Å². The normalized spacial score (nSPS) is 10.6. The molecule has 0 aromatic heterocycles. The first-order chi connectivity index (χ1) is 5.59. The first-order valence-electron chi connectivity index (χ1n) is 3.80. The molecule has 0 fully saturated rings. The molecule has 0 saturated heterocycles. The molecule has 0 atom stereocenters. The van der Waals surface area contributed by atoms with Crippen molar-refractivity contribution in [2.24, 2.45) is 5.73 Å². The summed E-state index contributed by atoms with van der Waals surface area (Å²) in [5.41, 5.74) is 7.66. The van der Waals surface area contributed by atoms with Gasteiger partial charge in [-0.2, -0.15) is 0 Å². The van der Waals surface area contributed by atoms with E-state index in [0.717, 1.165) is 26.8 Å². The number of nitrogens with two attached hydrogens (primary N) is 1. The van der Waals surface area contributed by atoms with Gasteiger partial charge in [0.1, 0.15) is 0 Å². The van der Waals surface area contributed by atoms with Gasteiger partial charge >= 0.3 is 0 Å². The smallest absolute Gasteiger partial charge is 0.0797 e. The highest BCUT2D eigenvalue weighted by molar-refractivity contribution is 7.74. The van der Waals surface area contributed by atoms with Gasteiger partial charge in [-0.15, -0.1) is 0 Å². The largest absolute Gasteiger partial charge is 0.372 e. The van der Waals surface area contributed by atoms with Gasteiger partial charge < -0.3 is 10.6 Å². The molecule has 0 heterocycles. The van der Waals surface area contributed by atoms with Gasteiger partial charge in [0.25, 0.3) is 0 Å². The summed E-state index contributed by atoms with van der Waals surface area (Å²) in [5.74, 6) is 0. The van der Waals surface area contributed by atoms with E-state index in [-0.39, 0.29) is 0 Å². The highest BCUT2D eigenvalue weighted by Crippen LogP contribution is 2.27. The molecule has 0 aliphatic heterocycles. The third kappa shape index (κ3) is 1.42. The summed E-state index contributed by atoms with van der Waals surface area (Å²) in [4.78, 5) is 2.06. The summed E-state index contributed by atoms with van der Waals surface area (Å²) in [7, 11) is 1.99. The lowest BCUT2D eigenvalue weighted by molar-refractivity contribution is 0.875. The van der Waals surface area contributed by atoms with Crippen molar-refractivity contribution in [3.8, 4) is 0 Å². The van der Waals surface area contributed by atoms with E-state index < -0.39 is 0 Å². The minimum atomic E-state index is 0.642. The molecular formula is C8H12N2S2. The molecular weight excluding hydrogens is 188 g/mol. The van der Waals surface area contributed by atoms with E-state index in [1.807, 2.05) is 14.0 Å². The lowest BCUT2D eigenvalue weighted by Crippen LogP contribution is -2.27. The topological polar surface area (TPSA) is 29.3 Å². The Balaban J connectivity index is 2.91. The first kappa shape index (κ1) is 9.77. The van der Waals surface area contributed by atoms with E-state index in [4.69, 9.17) is 30.2 Å². The second kappa shape index (κ2) is 3.60. The first-order valence-corrected chi connectivity index (χ1v) is 4.62. The van der Waals surface area contributed by atoms with Gasteiger partial charge in [0.15, 0.2) is 0 Å². The summed E-state index contributed by atoms with van der Waals surface area (Å²) in [6, 6.07) is 0. The average Bonchev–Trinajstić information content (AvgIpc) is 2.05. The fourth-order valence-corrected chi connectivity index (χ4v) is 1.91. The molecule has 66 valence electrons. The molecule has 0 saturated carbocycles. The van der Waals surface area contributed by atoms with Crippen molar-refractivity contribution >= 4 is 30.1 Å². The molecule has 0 aliphatic rings. The second-order valence-corrected chi connectivity index (χ2v) is 3.66. The third-order valence-corrected chi connectivity index (χ3v) is 3.00. The summed E-state index contributed by atoms with van der Waals surface area (Å²) in [6.45, 7) is 3.47. The molecule has 1 aromatic rings. The van der Waals surface area contributed by atoms with E-state index in [9.17, 15) is 0 Å². The van der Waals surface area contributed by atoms with Crippen LogP contribution in [0.25, 0.3) is 0 Å². The monoisotopic (exact) mass is 200 g/mol. The SMILES string of the molecule is Cc1c(N(C)CCN)c(=S)c1=S. The highest BCUT2D eigenvalue weighted by atomic mass is 32.1. The number of anilines is 1. The average molecular weight is 200 g/mol. The number of hydrogen-bond acceptors (Lipinski definition) is 4. The van der Waals surface area contributed by atoms with Crippen molar-refractivity contribution in [1.82, 2.24) is 0 Å². The van der Waals surface area contributed by atoms with E-state index in [0.29, 0.717) is 6.54 Å². The lowest BCUT2D eigenvalue weighted by atomic mass is 10.1. The summed E-state index contributed by atoms with van der Waals surface area (Å²) in [5, 5.41) is 0. The highest BCUT2D eigenvalue weighted by Gasteiger charge is 2.13. The maximum Gasteiger partial charge on any atom is 0.0797 e. The molecule has 0 amide bonds. The Hall–Kier alpha value is -0.320. The number of nitrogens with zero attached hydrogens (tertiary/aromatic N) is 1. The Kier molecular flexibility index (Phi) is 2.93. The van der Waals surface area contributed by atoms with Crippen LogP contribution in [0.4, 0.5) is 5.69 Å². The zero-order valence-corrected chi connectivity index (χ0v) is 8.89. The number of likely N-dealkylation sites (N-methyl/N-ethyl adjacent to an activating group) is 1. The van der Waals surface area contributed by atoms with Gasteiger partial charge in [-0.05, 0) is 12.5 Å². The van der Waals surface area contributed by atoms with Crippen LogP contribution in [0, 0.1) is 15.9 Å². The minimum Gasteiger partial charge on any atom is -0.372 e. The van der Waals surface area contributed by atoms with Gasteiger partial charge in [-0.3, -0.25) is 0 Å². The minimum absolute atomic E-state index is 0.642. The molecule has 12 heavy (non-hydrogen) atoms. The fraction of sp³-hybridized carbons (Fsp3) is 0.500. The Bertz CT molecular complexity index is 350. The van der Waals surface area contributed by atoms with E-state index in [2.05, 4.69) is 4.90 Å². The van der Waals surface area contributed by atoms with E-state index in [1.165, 1.54) is 0 Å². The summed E-state index contributed by atoms with van der Waals surface area (Å²) < 4.78 is 1.65. The van der Waals surface area contributed by atoms with Crippen molar-refractivity contribution in [3.05, 3.63) is 14.6 Å². The quantitative estimate of drug-likeness (QED) is 0.752. The predicted molar refractivity (Wildman–Crippen MR) is 57.5 cm³/mol. The maximum atomic E-state index is 5.43. The molecule has 2 N–H and O–H groups in total. The van der Waals surface area contributed by atoms with Crippen molar-refractivity contribution in [2.75, 3.05) is 25.0 Å². The molecule has 0 radical (unpaired) electrons. The Labute approximate surface area is 82.7 Å². The summed E-state index contributed by atoms with van der Waals surface area (Å²) in [6.07, 6.45) is 0. The Morgan fingerprint density at radius 3 is 2.33 bits per heavy atom. The zero-order valence-electron chi connectivity index (χ0n) is 7.26. The molecule has 1 rings (SSSR count). The zero-order chi connectivity index (χ0) is 9.30. The van der Waals surface area contributed by atoms with Crippen LogP contribution in [0.5, 0.6) is 0 Å². The number of rotatable bonds is 3. The predicted octanol–water partition coefficient (Wildman–Crippen LogP) is 1.72. The van der Waals surface area contributed by atoms with E-state index >= 15 is 0 Å². The van der Waals surface area contributed by atoms with Gasteiger partial charge in [0, 0.05) is 20.1 Å². The molecule has 0 spiro atoms. The molecule has 0 bridgehead atoms. The van der Waals surface area contributed by atoms with Gasteiger partial charge in [-0.25, -0.2) is 0 Å². The Morgan fingerprint density at radius 2 is 1.92 bits per heavy atom. The Morgan fingerprint density at radius 1 is 1.33 bits per heavy atom. The van der Waals surface area contributed by atoms with Gasteiger partial charge in [-0.1, -0.05) is 24.4 Å². The summed E-state index contributed by atoms with van der Waals surface area (Å²) >= 11 is 10.2. The van der Waals surface area contributed by atoms with Crippen LogP contribution in [0.15, 0.2) is 0 Å². The van der Waals surface area contributed by atoms with Crippen LogP contribution in [-0.2, 0) is 0 Å². The van der Waals surface area contributed by atoms with Crippen molar-refractivity contribution in [2.45, 2.75) is 6.92 Å². The van der Waals surface area contributed by atoms with Crippen LogP contribution < -0.4 is 10.6 Å². The number of hydrogen-bond donors (Lipinski definition) is 1.